The minimum atomic E-state index is 0. The summed E-state index contributed by atoms with van der Waals surface area (Å²) in [6, 6.07) is 8.31. The summed E-state index contributed by atoms with van der Waals surface area (Å²) in [5.74, 6) is 1.19. The number of hydrogen-bond acceptors (Lipinski definition) is 3. The van der Waals surface area contributed by atoms with E-state index >= 15 is 0 Å². The van der Waals surface area contributed by atoms with Crippen molar-refractivity contribution < 1.29 is 9.53 Å². The Kier molecular flexibility index (Phi) is 11.3. The maximum Gasteiger partial charge on any atom is 0.223 e. The van der Waals surface area contributed by atoms with Crippen molar-refractivity contribution in [2.24, 2.45) is 10.9 Å². The molecule has 7 heteroatoms. The number of carbonyl (C=O) groups excluding carboxylic acids is 1. The third-order valence-electron chi connectivity index (χ3n) is 4.00. The molecule has 0 bridgehead atoms. The molecule has 1 amide bonds. The molecule has 0 atom stereocenters. The number of amides is 1. The first-order valence-electron chi connectivity index (χ1n) is 9.57. The van der Waals surface area contributed by atoms with Crippen LogP contribution in [0.15, 0.2) is 29.3 Å². The van der Waals surface area contributed by atoms with Crippen molar-refractivity contribution in [1.29, 1.82) is 0 Å². The van der Waals surface area contributed by atoms with Crippen molar-refractivity contribution in [1.82, 2.24) is 16.0 Å². The summed E-state index contributed by atoms with van der Waals surface area (Å²) in [6.45, 7) is 9.39. The number of ether oxygens (including phenoxy) is 1. The Morgan fingerprint density at radius 1 is 1.19 bits per heavy atom. The van der Waals surface area contributed by atoms with Crippen LogP contribution in [0.2, 0.25) is 0 Å². The van der Waals surface area contributed by atoms with Crippen LogP contribution in [0.1, 0.15) is 44.7 Å². The van der Waals surface area contributed by atoms with Gasteiger partial charge >= 0.3 is 0 Å². The predicted octanol–water partition coefficient (Wildman–Crippen LogP) is 2.81. The molecule has 152 valence electrons. The first-order chi connectivity index (χ1) is 12.6. The Labute approximate surface area is 179 Å². The van der Waals surface area contributed by atoms with Gasteiger partial charge in [-0.15, -0.1) is 24.0 Å². The standard InChI is InChI=1S/C20H32N4O2.HI/c1-4-21-20(23-11-10-22-19(25)18-8-9-18)24-13-16-6-5-7-17(12-16)14-26-15(2)3;/h5-7,12,15,18H,4,8-11,13-14H2,1-3H3,(H,22,25)(H2,21,23,24);1H. The minimum Gasteiger partial charge on any atom is -0.374 e. The topological polar surface area (TPSA) is 74.8 Å². The third-order valence-corrected chi connectivity index (χ3v) is 4.00. The Morgan fingerprint density at radius 2 is 1.89 bits per heavy atom. The van der Waals surface area contributed by atoms with Gasteiger partial charge in [0.2, 0.25) is 5.91 Å². The highest BCUT2D eigenvalue weighted by Crippen LogP contribution is 2.28. The van der Waals surface area contributed by atoms with Crippen LogP contribution in [0.4, 0.5) is 0 Å². The highest BCUT2D eigenvalue weighted by Gasteiger charge is 2.28. The van der Waals surface area contributed by atoms with Gasteiger partial charge in [0, 0.05) is 25.6 Å². The number of nitrogens with one attached hydrogen (secondary N) is 3. The van der Waals surface area contributed by atoms with Crippen LogP contribution in [0.3, 0.4) is 0 Å². The molecule has 27 heavy (non-hydrogen) atoms. The third kappa shape index (κ3) is 9.95. The lowest BCUT2D eigenvalue weighted by atomic mass is 10.1. The van der Waals surface area contributed by atoms with Gasteiger partial charge in [-0.25, -0.2) is 4.99 Å². The fraction of sp³-hybridized carbons (Fsp3) is 0.600. The van der Waals surface area contributed by atoms with Gasteiger partial charge in [0.15, 0.2) is 5.96 Å². The SMILES string of the molecule is CCNC(=NCc1cccc(COC(C)C)c1)NCCNC(=O)C1CC1.I. The normalized spacial score (nSPS) is 13.9. The molecule has 1 saturated carbocycles. The highest BCUT2D eigenvalue weighted by atomic mass is 127. The number of carbonyl (C=O) groups is 1. The molecule has 1 fully saturated rings. The van der Waals surface area contributed by atoms with Gasteiger partial charge in [0.05, 0.1) is 19.3 Å². The van der Waals surface area contributed by atoms with Crippen LogP contribution in [-0.4, -0.2) is 37.6 Å². The molecule has 0 saturated heterocycles. The molecule has 2 rings (SSSR count). The van der Waals surface area contributed by atoms with Crippen LogP contribution in [0.5, 0.6) is 0 Å². The second-order valence-electron chi connectivity index (χ2n) is 6.87. The van der Waals surface area contributed by atoms with E-state index in [4.69, 9.17) is 4.74 Å². The van der Waals surface area contributed by atoms with Gasteiger partial charge in [-0.05, 0) is 44.7 Å². The highest BCUT2D eigenvalue weighted by molar-refractivity contribution is 14.0. The molecule has 6 nitrogen and oxygen atoms in total. The van der Waals surface area contributed by atoms with Crippen molar-refractivity contribution in [2.45, 2.75) is 52.9 Å². The van der Waals surface area contributed by atoms with Crippen molar-refractivity contribution >= 4 is 35.8 Å². The van der Waals surface area contributed by atoms with E-state index < -0.39 is 0 Å². The van der Waals surface area contributed by atoms with E-state index in [2.05, 4.69) is 39.1 Å². The summed E-state index contributed by atoms with van der Waals surface area (Å²) in [5, 5.41) is 9.44. The molecular formula is C20H33IN4O2. The number of halogens is 1. The fourth-order valence-electron chi connectivity index (χ4n) is 2.45. The van der Waals surface area contributed by atoms with Crippen LogP contribution >= 0.6 is 24.0 Å². The number of benzene rings is 1. The number of rotatable bonds is 10. The number of hydrogen-bond donors (Lipinski definition) is 3. The van der Waals surface area contributed by atoms with Gasteiger partial charge in [0.25, 0.3) is 0 Å². The number of guanidine groups is 1. The Bertz CT molecular complexity index is 603. The van der Waals surface area contributed by atoms with Crippen molar-refractivity contribution in [2.75, 3.05) is 19.6 Å². The maximum absolute atomic E-state index is 11.6. The molecule has 1 aromatic carbocycles. The van der Waals surface area contributed by atoms with Crippen molar-refractivity contribution in [3.63, 3.8) is 0 Å². The lowest BCUT2D eigenvalue weighted by Crippen LogP contribution is -2.41. The van der Waals surface area contributed by atoms with E-state index in [1.165, 1.54) is 0 Å². The zero-order chi connectivity index (χ0) is 18.8. The van der Waals surface area contributed by atoms with E-state index in [0.29, 0.717) is 26.2 Å². The monoisotopic (exact) mass is 488 g/mol. The molecular weight excluding hydrogens is 455 g/mol. The molecule has 0 unspecified atom stereocenters. The van der Waals surface area contributed by atoms with Crippen molar-refractivity contribution in [3.05, 3.63) is 35.4 Å². The van der Waals surface area contributed by atoms with E-state index in [-0.39, 0.29) is 41.9 Å². The maximum atomic E-state index is 11.6. The number of aliphatic imine (C=N–C) groups is 1. The average molecular weight is 488 g/mol. The molecule has 1 aromatic rings. The Balaban J connectivity index is 0.00000364. The summed E-state index contributed by atoms with van der Waals surface area (Å²) in [7, 11) is 0. The summed E-state index contributed by atoms with van der Waals surface area (Å²) in [5.41, 5.74) is 2.31. The Hall–Kier alpha value is -1.35. The van der Waals surface area contributed by atoms with Crippen LogP contribution in [0, 0.1) is 5.92 Å². The second-order valence-corrected chi connectivity index (χ2v) is 6.87. The fourth-order valence-corrected chi connectivity index (χ4v) is 2.45. The number of nitrogens with zero attached hydrogens (tertiary/aromatic N) is 1. The molecule has 0 spiro atoms. The largest absolute Gasteiger partial charge is 0.374 e. The van der Waals surface area contributed by atoms with E-state index in [1.54, 1.807) is 0 Å². The summed E-state index contributed by atoms with van der Waals surface area (Å²) in [6.07, 6.45) is 2.29. The Morgan fingerprint density at radius 3 is 2.56 bits per heavy atom. The van der Waals surface area contributed by atoms with Gasteiger partial charge in [-0.1, -0.05) is 24.3 Å². The van der Waals surface area contributed by atoms with E-state index in [9.17, 15) is 4.79 Å². The summed E-state index contributed by atoms with van der Waals surface area (Å²) < 4.78 is 5.66. The van der Waals surface area contributed by atoms with Crippen LogP contribution in [0.25, 0.3) is 0 Å². The molecule has 0 heterocycles. The molecule has 0 radical (unpaired) electrons. The van der Waals surface area contributed by atoms with Gasteiger partial charge < -0.3 is 20.7 Å². The quantitative estimate of drug-likeness (QED) is 0.205. The minimum absolute atomic E-state index is 0. The van der Waals surface area contributed by atoms with Crippen LogP contribution < -0.4 is 16.0 Å². The van der Waals surface area contributed by atoms with Crippen LogP contribution in [-0.2, 0) is 22.7 Å². The molecule has 0 aliphatic heterocycles. The van der Waals surface area contributed by atoms with Gasteiger partial charge in [0.1, 0.15) is 0 Å². The zero-order valence-electron chi connectivity index (χ0n) is 16.6. The molecule has 1 aliphatic carbocycles. The van der Waals surface area contributed by atoms with Gasteiger partial charge in [-0.2, -0.15) is 0 Å². The molecule has 3 N–H and O–H groups in total. The zero-order valence-corrected chi connectivity index (χ0v) is 18.9. The second kappa shape index (κ2) is 12.9. The molecule has 1 aliphatic rings. The first-order valence-corrected chi connectivity index (χ1v) is 9.57. The molecule has 0 aromatic heterocycles. The van der Waals surface area contributed by atoms with E-state index in [0.717, 1.165) is 36.5 Å². The van der Waals surface area contributed by atoms with E-state index in [1.807, 2.05) is 26.8 Å². The lowest BCUT2D eigenvalue weighted by Gasteiger charge is -2.12. The average Bonchev–Trinajstić information content (AvgIpc) is 3.47. The lowest BCUT2D eigenvalue weighted by molar-refractivity contribution is -0.122. The van der Waals surface area contributed by atoms with Crippen molar-refractivity contribution in [3.8, 4) is 0 Å². The predicted molar refractivity (Wildman–Crippen MR) is 120 cm³/mol. The van der Waals surface area contributed by atoms with Gasteiger partial charge in [-0.3, -0.25) is 4.79 Å². The summed E-state index contributed by atoms with van der Waals surface area (Å²) >= 11 is 0. The first kappa shape index (κ1) is 23.7. The smallest absolute Gasteiger partial charge is 0.223 e. The summed E-state index contributed by atoms with van der Waals surface area (Å²) in [4.78, 5) is 16.2.